The number of piperazine rings is 1. The fourth-order valence-corrected chi connectivity index (χ4v) is 3.77. The lowest BCUT2D eigenvalue weighted by molar-refractivity contribution is -0.133. The van der Waals surface area contributed by atoms with E-state index in [9.17, 15) is 9.18 Å². The van der Waals surface area contributed by atoms with Gasteiger partial charge in [-0.05, 0) is 31.5 Å². The van der Waals surface area contributed by atoms with E-state index in [0.29, 0.717) is 36.9 Å². The van der Waals surface area contributed by atoms with Crippen LogP contribution in [0.5, 0.6) is 11.6 Å². The van der Waals surface area contributed by atoms with Crippen LogP contribution in [0.1, 0.15) is 46.0 Å². The number of hydrogen-bond acceptors (Lipinski definition) is 5. The molecule has 0 saturated carbocycles. The van der Waals surface area contributed by atoms with Crippen molar-refractivity contribution in [2.24, 2.45) is 0 Å². The second-order valence-corrected chi connectivity index (χ2v) is 8.02. The number of rotatable bonds is 8. The van der Waals surface area contributed by atoms with E-state index >= 15 is 0 Å². The van der Waals surface area contributed by atoms with Crippen LogP contribution >= 0.6 is 11.6 Å². The van der Waals surface area contributed by atoms with Crippen molar-refractivity contribution in [3.05, 3.63) is 41.4 Å². The van der Waals surface area contributed by atoms with Crippen molar-refractivity contribution in [1.82, 2.24) is 14.9 Å². The first-order valence-corrected chi connectivity index (χ1v) is 10.8. The highest BCUT2D eigenvalue weighted by Crippen LogP contribution is 2.27. The first-order chi connectivity index (χ1) is 14.5. The highest BCUT2D eigenvalue weighted by molar-refractivity contribution is 6.30. The molecule has 0 bridgehead atoms. The molecular weight excluding hydrogens is 407 g/mol. The van der Waals surface area contributed by atoms with Crippen LogP contribution in [0.3, 0.4) is 0 Å². The Balaban J connectivity index is 1.60. The molecule has 6 nitrogen and oxygen atoms in total. The average Bonchev–Trinajstić information content (AvgIpc) is 2.73. The van der Waals surface area contributed by atoms with Crippen molar-refractivity contribution in [1.29, 1.82) is 0 Å². The van der Waals surface area contributed by atoms with Crippen molar-refractivity contribution in [2.75, 3.05) is 24.5 Å². The second-order valence-electron chi connectivity index (χ2n) is 7.58. The molecule has 0 N–H and O–H groups in total. The van der Waals surface area contributed by atoms with Crippen LogP contribution in [0.2, 0.25) is 5.02 Å². The Morgan fingerprint density at radius 1 is 1.23 bits per heavy atom. The topological polar surface area (TPSA) is 58.6 Å². The summed E-state index contributed by atoms with van der Waals surface area (Å²) in [5.41, 5.74) is 0. The average molecular weight is 435 g/mol. The number of hydrogen-bond donors (Lipinski definition) is 0. The minimum Gasteiger partial charge on any atom is -0.436 e. The highest BCUT2D eigenvalue weighted by atomic mass is 35.5. The van der Waals surface area contributed by atoms with Gasteiger partial charge in [-0.3, -0.25) is 4.79 Å². The third-order valence-electron chi connectivity index (χ3n) is 5.25. The molecule has 3 rings (SSSR count). The Bertz CT molecular complexity index is 867. The highest BCUT2D eigenvalue weighted by Gasteiger charge is 2.28. The number of carbonyl (C=O) groups is 1. The maximum atomic E-state index is 14.0. The SMILES string of the molecule is CCCCCCC(=O)N1CCN(c2cc(Oc3ccc(Cl)cc3F)ncn2)C[C@@H]1C. The van der Waals surface area contributed by atoms with Gasteiger partial charge in [-0.2, -0.15) is 0 Å². The van der Waals surface area contributed by atoms with Gasteiger partial charge in [0.15, 0.2) is 11.6 Å². The van der Waals surface area contributed by atoms with Crippen LogP contribution in [-0.4, -0.2) is 46.5 Å². The van der Waals surface area contributed by atoms with Gasteiger partial charge < -0.3 is 14.5 Å². The predicted octanol–water partition coefficient (Wildman–Crippen LogP) is 5.07. The Kier molecular flexibility index (Phi) is 7.85. The minimum atomic E-state index is -0.553. The lowest BCUT2D eigenvalue weighted by Gasteiger charge is -2.40. The lowest BCUT2D eigenvalue weighted by atomic mass is 10.1. The summed E-state index contributed by atoms with van der Waals surface area (Å²) in [5, 5.41) is 0.301. The van der Waals surface area contributed by atoms with Crippen molar-refractivity contribution in [2.45, 2.75) is 52.0 Å². The number of amides is 1. The Hall–Kier alpha value is -2.41. The van der Waals surface area contributed by atoms with E-state index < -0.39 is 5.82 Å². The summed E-state index contributed by atoms with van der Waals surface area (Å²) in [6.45, 7) is 6.22. The summed E-state index contributed by atoms with van der Waals surface area (Å²) in [6.07, 6.45) is 6.41. The quantitative estimate of drug-likeness (QED) is 0.543. The number of carbonyl (C=O) groups excluding carboxylic acids is 1. The van der Waals surface area contributed by atoms with Gasteiger partial charge in [0, 0.05) is 43.2 Å². The molecule has 1 aliphatic heterocycles. The summed E-state index contributed by atoms with van der Waals surface area (Å²) in [7, 11) is 0. The van der Waals surface area contributed by atoms with Crippen molar-refractivity contribution >= 4 is 23.3 Å². The molecular formula is C22H28ClFN4O2. The number of nitrogens with zero attached hydrogens (tertiary/aromatic N) is 4. The predicted molar refractivity (Wildman–Crippen MR) is 116 cm³/mol. The van der Waals surface area contributed by atoms with Gasteiger partial charge in [0.1, 0.15) is 12.1 Å². The molecule has 1 fully saturated rings. The molecule has 0 radical (unpaired) electrons. The van der Waals surface area contributed by atoms with Gasteiger partial charge in [0.05, 0.1) is 0 Å². The minimum absolute atomic E-state index is 0.0518. The maximum absolute atomic E-state index is 14.0. The van der Waals surface area contributed by atoms with Crippen LogP contribution in [0, 0.1) is 5.82 Å². The van der Waals surface area contributed by atoms with E-state index in [1.807, 2.05) is 4.90 Å². The van der Waals surface area contributed by atoms with Gasteiger partial charge in [0.2, 0.25) is 11.8 Å². The van der Waals surface area contributed by atoms with Gasteiger partial charge in [-0.25, -0.2) is 14.4 Å². The number of ether oxygens (including phenoxy) is 1. The van der Waals surface area contributed by atoms with E-state index in [1.54, 1.807) is 12.1 Å². The molecule has 2 aromatic rings. The molecule has 1 saturated heterocycles. The molecule has 0 aliphatic carbocycles. The zero-order chi connectivity index (χ0) is 21.5. The van der Waals surface area contributed by atoms with Gasteiger partial charge in [0.25, 0.3) is 0 Å². The molecule has 30 heavy (non-hydrogen) atoms. The molecule has 0 unspecified atom stereocenters. The van der Waals surface area contributed by atoms with E-state index in [-0.39, 0.29) is 23.6 Å². The van der Waals surface area contributed by atoms with Crippen LogP contribution in [0.15, 0.2) is 30.6 Å². The zero-order valence-corrected chi connectivity index (χ0v) is 18.2. The number of anilines is 1. The summed E-state index contributed by atoms with van der Waals surface area (Å²) in [5.74, 6) is 0.668. The molecule has 162 valence electrons. The third kappa shape index (κ3) is 5.81. The van der Waals surface area contributed by atoms with Crippen molar-refractivity contribution in [3.63, 3.8) is 0 Å². The summed E-state index contributed by atoms with van der Waals surface area (Å²) < 4.78 is 19.6. The lowest BCUT2D eigenvalue weighted by Crippen LogP contribution is -2.54. The molecule has 1 amide bonds. The normalized spacial score (nSPS) is 16.6. The largest absolute Gasteiger partial charge is 0.436 e. The molecule has 1 aromatic carbocycles. The molecule has 0 spiro atoms. The zero-order valence-electron chi connectivity index (χ0n) is 17.5. The van der Waals surface area contributed by atoms with E-state index in [1.165, 1.54) is 31.3 Å². The molecule has 1 atom stereocenters. The molecule has 1 aromatic heterocycles. The smallest absolute Gasteiger partial charge is 0.224 e. The number of benzene rings is 1. The number of halogens is 2. The first kappa shape index (κ1) is 22.3. The fraction of sp³-hybridized carbons (Fsp3) is 0.500. The molecule has 8 heteroatoms. The summed E-state index contributed by atoms with van der Waals surface area (Å²) in [6, 6.07) is 5.99. The van der Waals surface area contributed by atoms with Crippen LogP contribution in [0.4, 0.5) is 10.2 Å². The third-order valence-corrected chi connectivity index (χ3v) is 5.49. The Labute approximate surface area is 182 Å². The van der Waals surface area contributed by atoms with Gasteiger partial charge in [-0.15, -0.1) is 0 Å². The van der Waals surface area contributed by atoms with E-state index in [4.69, 9.17) is 16.3 Å². The molecule has 2 heterocycles. The van der Waals surface area contributed by atoms with E-state index in [2.05, 4.69) is 28.7 Å². The number of aromatic nitrogens is 2. The first-order valence-electron chi connectivity index (χ1n) is 10.5. The standard InChI is InChI=1S/C22H28ClFN4O2/c1-3-4-5-6-7-22(29)28-11-10-27(14-16(28)2)20-13-21(26-15-25-20)30-19-9-8-17(23)12-18(19)24/h8-9,12-13,15-16H,3-7,10-11,14H2,1-2H3/t16-/m0/s1. The second kappa shape index (κ2) is 10.6. The monoisotopic (exact) mass is 434 g/mol. The Morgan fingerprint density at radius 2 is 2.07 bits per heavy atom. The van der Waals surface area contributed by atoms with Crippen LogP contribution in [0.25, 0.3) is 0 Å². The van der Waals surface area contributed by atoms with Crippen LogP contribution < -0.4 is 9.64 Å². The molecule has 1 aliphatic rings. The summed E-state index contributed by atoms with van der Waals surface area (Å²) >= 11 is 5.78. The summed E-state index contributed by atoms with van der Waals surface area (Å²) in [4.78, 5) is 25.0. The number of unbranched alkanes of at least 4 members (excludes halogenated alkanes) is 3. The fourth-order valence-electron chi connectivity index (χ4n) is 3.61. The van der Waals surface area contributed by atoms with Crippen LogP contribution in [-0.2, 0) is 4.79 Å². The van der Waals surface area contributed by atoms with Crippen molar-refractivity contribution in [3.8, 4) is 11.6 Å². The van der Waals surface area contributed by atoms with E-state index in [0.717, 1.165) is 12.8 Å². The van der Waals surface area contributed by atoms with Crippen molar-refractivity contribution < 1.29 is 13.9 Å². The Morgan fingerprint density at radius 3 is 2.80 bits per heavy atom. The van der Waals surface area contributed by atoms with Gasteiger partial charge >= 0.3 is 0 Å². The van der Waals surface area contributed by atoms with Gasteiger partial charge in [-0.1, -0.05) is 37.8 Å². The maximum Gasteiger partial charge on any atom is 0.224 e.